The topological polar surface area (TPSA) is 290 Å². The van der Waals surface area contributed by atoms with E-state index in [1.165, 1.54) is 75.0 Å². The molecular formula is C67H102ClF3N12O13. The first kappa shape index (κ1) is 77.9. The van der Waals surface area contributed by atoms with Crippen LogP contribution in [0.2, 0.25) is 5.02 Å². The van der Waals surface area contributed by atoms with Gasteiger partial charge in [-0.05, 0) is 112 Å². The van der Waals surface area contributed by atoms with Crippen LogP contribution in [0.25, 0.3) is 0 Å². The lowest BCUT2D eigenvalue weighted by atomic mass is 9.81. The molecule has 0 aromatic heterocycles. The van der Waals surface area contributed by atoms with Crippen molar-refractivity contribution in [3.63, 3.8) is 0 Å². The predicted octanol–water partition coefficient (Wildman–Crippen LogP) is 3.45. The van der Waals surface area contributed by atoms with E-state index in [0.717, 1.165) is 57.4 Å². The van der Waals surface area contributed by atoms with E-state index in [-0.39, 0.29) is 56.6 Å². The molecule has 5 fully saturated rings. The maximum absolute atomic E-state index is 15.8. The lowest BCUT2D eigenvalue weighted by Gasteiger charge is -2.43. The van der Waals surface area contributed by atoms with Crippen molar-refractivity contribution in [2.75, 3.05) is 95.2 Å². The highest BCUT2D eigenvalue weighted by Crippen LogP contribution is 2.38. The summed E-state index contributed by atoms with van der Waals surface area (Å²) in [5.74, 6) is -9.68. The fourth-order valence-electron chi connectivity index (χ4n) is 14.1. The Balaban J connectivity index is 1.42. The summed E-state index contributed by atoms with van der Waals surface area (Å²) in [6.07, 6.45) is 2.20. The van der Waals surface area contributed by atoms with E-state index < -0.39 is 180 Å². The van der Waals surface area contributed by atoms with Gasteiger partial charge in [0.15, 0.2) is 0 Å². The summed E-state index contributed by atoms with van der Waals surface area (Å²) >= 11 is 6.10. The second-order valence-corrected chi connectivity index (χ2v) is 28.0. The van der Waals surface area contributed by atoms with Crippen LogP contribution in [-0.2, 0) is 70.1 Å². The van der Waals surface area contributed by atoms with Crippen molar-refractivity contribution in [2.45, 2.75) is 204 Å². The summed E-state index contributed by atoms with van der Waals surface area (Å²) in [5, 5.41) is 18.5. The highest BCUT2D eigenvalue weighted by molar-refractivity contribution is 6.31. The van der Waals surface area contributed by atoms with Gasteiger partial charge in [0, 0.05) is 69.0 Å². The Bertz CT molecular complexity index is 2990. The molecule has 12 amide bonds. The van der Waals surface area contributed by atoms with E-state index in [4.69, 9.17) is 11.6 Å². The van der Waals surface area contributed by atoms with E-state index in [0.29, 0.717) is 64.5 Å². The monoisotopic (exact) mass is 1370 g/mol. The summed E-state index contributed by atoms with van der Waals surface area (Å²) in [6.45, 7) is 5.05. The first-order valence-corrected chi connectivity index (χ1v) is 34.3. The van der Waals surface area contributed by atoms with E-state index in [2.05, 4.69) is 16.0 Å². The van der Waals surface area contributed by atoms with Crippen LogP contribution in [0.1, 0.15) is 154 Å². The number of alkyl halides is 3. The molecule has 3 aliphatic heterocycles. The van der Waals surface area contributed by atoms with Crippen LogP contribution >= 0.6 is 11.6 Å². The molecule has 0 radical (unpaired) electrons. The molecule has 1 aromatic rings. The minimum Gasteiger partial charge on any atom is -0.394 e. The summed E-state index contributed by atoms with van der Waals surface area (Å²) < 4.78 is 41.3. The zero-order valence-electron chi connectivity index (χ0n) is 57.8. The Hall–Kier alpha value is -7.10. The average molecular weight is 1380 g/mol. The fourth-order valence-corrected chi connectivity index (χ4v) is 14.4. The average Bonchev–Trinajstić information content (AvgIpc) is 1.02. The predicted molar refractivity (Wildman–Crippen MR) is 349 cm³/mol. The van der Waals surface area contributed by atoms with Crippen molar-refractivity contribution in [3.8, 4) is 0 Å². The van der Waals surface area contributed by atoms with Crippen molar-refractivity contribution in [1.82, 2.24) is 60.0 Å². The fraction of sp³-hybridized carbons (Fsp3) is 0.731. The number of piperidine rings is 1. The second kappa shape index (κ2) is 34.4. The molecule has 1 spiro atoms. The van der Waals surface area contributed by atoms with Gasteiger partial charge in [-0.25, -0.2) is 0 Å². The van der Waals surface area contributed by atoms with E-state index in [1.807, 2.05) is 13.8 Å². The number of carbonyl (C=O) groups is 12. The first-order chi connectivity index (χ1) is 45.2. The quantitative estimate of drug-likeness (QED) is 0.262. The summed E-state index contributed by atoms with van der Waals surface area (Å²) in [5.41, 5.74) is -2.41. The van der Waals surface area contributed by atoms with Crippen LogP contribution < -0.4 is 16.0 Å². The van der Waals surface area contributed by atoms with Crippen LogP contribution in [0.15, 0.2) is 18.2 Å². The molecule has 0 bridgehead atoms. The van der Waals surface area contributed by atoms with Gasteiger partial charge in [0.1, 0.15) is 47.8 Å². The largest absolute Gasteiger partial charge is 0.417 e. The SMILES string of the molecule is CC[C@H](C)[C@@H]1NC(=O)[C@H](CC(C)C)N(C)C(=O)C[C@@H](C(=O)N2CCCCC2)N(C)C(=O)[C@H](C2CCCCC2)N(C)C(=O)C2(CCCC2)NC(=O)C2CCCN2C(=O)[C@H](CCc2ccc(C(F)(F)F)c(Cl)c2)NC(=O)CN(C)C(=O)[C@H](CO)N(C)C(=O)CN(C)C(=O)CN(C)C1=O. The number of aliphatic hydroxyl groups excluding tert-OH is 1. The normalized spacial score (nSPS) is 26.4. The number of likely N-dealkylation sites (tertiary alicyclic amines) is 1. The number of halogens is 4. The lowest BCUT2D eigenvalue weighted by molar-refractivity contribution is -0.157. The number of nitrogens with one attached hydrogen (secondary N) is 3. The minimum absolute atomic E-state index is 0.00721. The number of aliphatic hydroxyl groups is 1. The second-order valence-electron chi connectivity index (χ2n) is 27.6. The van der Waals surface area contributed by atoms with E-state index >= 15 is 28.8 Å². The number of likely N-dealkylation sites (N-methyl/N-ethyl adjacent to an activating group) is 7. The number of nitrogens with zero attached hydrogens (tertiary/aromatic N) is 9. The molecule has 3 heterocycles. The minimum atomic E-state index is -4.77. The highest BCUT2D eigenvalue weighted by Gasteiger charge is 2.51. The summed E-state index contributed by atoms with van der Waals surface area (Å²) in [6, 6.07) is -6.25. The van der Waals surface area contributed by atoms with Gasteiger partial charge in [-0.15, -0.1) is 0 Å². The molecule has 4 N–H and O–H groups in total. The summed E-state index contributed by atoms with van der Waals surface area (Å²) in [7, 11) is 9.41. The molecule has 25 nitrogen and oxygen atoms in total. The first-order valence-electron chi connectivity index (χ1n) is 33.9. The molecule has 2 aliphatic carbocycles. The zero-order valence-corrected chi connectivity index (χ0v) is 58.5. The number of hydrogen-bond acceptors (Lipinski definition) is 13. The number of hydrogen-bond donors (Lipinski definition) is 4. The highest BCUT2D eigenvalue weighted by atomic mass is 35.5. The van der Waals surface area contributed by atoms with Gasteiger partial charge >= 0.3 is 6.18 Å². The van der Waals surface area contributed by atoms with E-state index in [9.17, 15) is 47.0 Å². The Kier molecular flexibility index (Phi) is 27.9. The molecule has 96 heavy (non-hydrogen) atoms. The van der Waals surface area contributed by atoms with Gasteiger partial charge in [-0.1, -0.05) is 83.9 Å². The molecule has 29 heteroatoms. The van der Waals surface area contributed by atoms with Crippen LogP contribution in [0.4, 0.5) is 13.2 Å². The van der Waals surface area contributed by atoms with Gasteiger partial charge in [-0.2, -0.15) is 13.2 Å². The van der Waals surface area contributed by atoms with Crippen molar-refractivity contribution in [1.29, 1.82) is 0 Å². The molecule has 536 valence electrons. The van der Waals surface area contributed by atoms with Crippen LogP contribution in [-0.4, -0.2) is 263 Å². The molecule has 2 saturated carbocycles. The number of fused-ring (bicyclic) bond motifs is 1. The number of benzene rings is 1. The molecule has 1 unspecified atom stereocenters. The van der Waals surface area contributed by atoms with Crippen LogP contribution in [0.3, 0.4) is 0 Å². The summed E-state index contributed by atoms with van der Waals surface area (Å²) in [4.78, 5) is 187. The maximum atomic E-state index is 15.8. The molecule has 5 aliphatic rings. The number of rotatable bonds is 10. The van der Waals surface area contributed by atoms with Gasteiger partial charge in [0.2, 0.25) is 70.9 Å². The third kappa shape index (κ3) is 19.2. The number of amides is 12. The van der Waals surface area contributed by atoms with E-state index in [1.54, 1.807) is 18.7 Å². The van der Waals surface area contributed by atoms with Crippen LogP contribution in [0.5, 0.6) is 0 Å². The maximum Gasteiger partial charge on any atom is 0.417 e. The molecule has 3 saturated heterocycles. The van der Waals surface area contributed by atoms with Crippen molar-refractivity contribution >= 4 is 82.5 Å². The van der Waals surface area contributed by atoms with Gasteiger partial charge < -0.3 is 65.2 Å². The Labute approximate surface area is 567 Å². The number of aryl methyl sites for hydroxylation is 1. The van der Waals surface area contributed by atoms with Crippen LogP contribution in [0, 0.1) is 17.8 Å². The van der Waals surface area contributed by atoms with Gasteiger partial charge in [0.25, 0.3) is 0 Å². The Morgan fingerprint density at radius 1 is 0.656 bits per heavy atom. The molecular weight excluding hydrogens is 1270 g/mol. The zero-order chi connectivity index (χ0) is 71.3. The number of carbonyl (C=O) groups excluding carboxylic acids is 12. The Morgan fingerprint density at radius 3 is 1.85 bits per heavy atom. The third-order valence-electron chi connectivity index (χ3n) is 20.2. The van der Waals surface area contributed by atoms with Crippen molar-refractivity contribution in [3.05, 3.63) is 34.3 Å². The molecule has 1 aromatic carbocycles. The lowest BCUT2D eigenvalue weighted by Crippen LogP contribution is -2.65. The van der Waals surface area contributed by atoms with Gasteiger partial charge in [-0.3, -0.25) is 57.5 Å². The van der Waals surface area contributed by atoms with Crippen molar-refractivity contribution < 1.29 is 75.8 Å². The standard InChI is InChI=1S/C67H102ClF3N12O13/c1-12-42(4)56-63(94)77(7)38-54(87)75(5)39-55(88)79(9)51(40-84)61(92)76(6)37-52(85)72-47(28-26-43-25-27-45(46(68)35-43)67(69,70)71)60(91)83-33-21-24-48(83)59(90)74-66(29-17-18-30-66)65(96)81(11)57(44-22-15-13-16-23-44)64(95)80(10)50(62(93)82-31-19-14-20-32-82)36-53(86)78(8)49(34-41(2)3)58(89)73-56/h25,27,35,41-42,44,47-51,56-57,84H,12-24,26,28-34,36-40H2,1-11H3,(H,72,85)(H,73,89)(H,74,90)/t42-,47-,48?,49-,50-,51-,56-,57-/m0/s1. The van der Waals surface area contributed by atoms with Crippen molar-refractivity contribution in [2.24, 2.45) is 17.8 Å². The third-order valence-corrected chi connectivity index (χ3v) is 20.6. The smallest absolute Gasteiger partial charge is 0.394 e. The van der Waals surface area contributed by atoms with Gasteiger partial charge in [0.05, 0.1) is 43.2 Å². The Morgan fingerprint density at radius 2 is 1.26 bits per heavy atom. The molecule has 8 atom stereocenters. The molecule has 6 rings (SSSR count).